The lowest BCUT2D eigenvalue weighted by atomic mass is 9.89. The normalized spacial score (nSPS) is 23.1. The molecule has 2 heterocycles. The van der Waals surface area contributed by atoms with E-state index >= 15 is 0 Å². The third-order valence-electron chi connectivity index (χ3n) is 6.13. The molecule has 6 nitrogen and oxygen atoms in total. The highest BCUT2D eigenvalue weighted by Gasteiger charge is 2.54. The number of nitrogens with two attached hydrogens (primary N) is 1. The van der Waals surface area contributed by atoms with Crippen molar-refractivity contribution >= 4 is 23.2 Å². The second kappa shape index (κ2) is 6.81. The SMILES string of the molecule is C[N+]1=C2ON(C3(N)CCCCC3)C(=O)[C@H]2N=C(c2ccccc2)c2ccccc21. The molecule has 2 aromatic rings. The lowest BCUT2D eigenvalue weighted by molar-refractivity contribution is -0.422. The number of amides is 1. The van der Waals surface area contributed by atoms with Crippen molar-refractivity contribution in [1.29, 1.82) is 0 Å². The minimum atomic E-state index is -0.767. The Morgan fingerprint density at radius 2 is 1.76 bits per heavy atom. The summed E-state index contributed by atoms with van der Waals surface area (Å²) in [4.78, 5) is 24.5. The van der Waals surface area contributed by atoms with Crippen molar-refractivity contribution in [3.8, 4) is 0 Å². The van der Waals surface area contributed by atoms with Crippen LogP contribution in [0.1, 0.15) is 43.2 Å². The molecule has 5 rings (SSSR count). The molecule has 2 fully saturated rings. The van der Waals surface area contributed by atoms with Gasteiger partial charge >= 0.3 is 5.90 Å². The van der Waals surface area contributed by atoms with E-state index in [1.807, 2.05) is 66.2 Å². The van der Waals surface area contributed by atoms with Gasteiger partial charge in [0.15, 0.2) is 0 Å². The fourth-order valence-corrected chi connectivity index (χ4v) is 4.55. The van der Waals surface area contributed by atoms with Crippen LogP contribution in [0.15, 0.2) is 59.6 Å². The summed E-state index contributed by atoms with van der Waals surface area (Å²) in [5.41, 5.74) is 9.57. The van der Waals surface area contributed by atoms with Crippen LogP contribution in [0.5, 0.6) is 0 Å². The van der Waals surface area contributed by atoms with Crippen molar-refractivity contribution in [2.24, 2.45) is 10.7 Å². The second-order valence-electron chi connectivity index (χ2n) is 8.05. The fraction of sp³-hybridized carbons (Fsp3) is 0.348. The number of fused-ring (bicyclic) bond motifs is 2. The third-order valence-corrected chi connectivity index (χ3v) is 6.13. The van der Waals surface area contributed by atoms with E-state index in [0.717, 1.165) is 54.6 Å². The number of para-hydroxylation sites is 1. The Labute approximate surface area is 170 Å². The van der Waals surface area contributed by atoms with Crippen molar-refractivity contribution in [1.82, 2.24) is 5.06 Å². The maximum Gasteiger partial charge on any atom is 0.402 e. The number of rotatable bonds is 2. The Bertz CT molecular complexity index is 1020. The summed E-state index contributed by atoms with van der Waals surface area (Å²) in [7, 11) is 1.92. The molecule has 1 saturated carbocycles. The van der Waals surface area contributed by atoms with Crippen LogP contribution in [0.2, 0.25) is 0 Å². The number of carbonyl (C=O) groups is 1. The zero-order chi connectivity index (χ0) is 20.0. The average Bonchev–Trinajstić information content (AvgIpc) is 3.03. The van der Waals surface area contributed by atoms with E-state index < -0.39 is 11.7 Å². The molecule has 29 heavy (non-hydrogen) atoms. The number of nitrogens with zero attached hydrogens (tertiary/aromatic N) is 3. The van der Waals surface area contributed by atoms with Gasteiger partial charge in [-0.1, -0.05) is 48.9 Å². The Hall–Kier alpha value is -2.99. The summed E-state index contributed by atoms with van der Waals surface area (Å²) >= 11 is 0. The molecular formula is C23H25N4O2+. The van der Waals surface area contributed by atoms with E-state index in [-0.39, 0.29) is 5.91 Å². The lowest BCUT2D eigenvalue weighted by Crippen LogP contribution is -2.57. The van der Waals surface area contributed by atoms with Crippen molar-refractivity contribution in [3.05, 3.63) is 65.7 Å². The molecule has 1 aliphatic carbocycles. The summed E-state index contributed by atoms with van der Waals surface area (Å²) in [6, 6.07) is 17.3. The standard InChI is InChI=1S/C23H25N4O2/c1-26-18-13-7-6-12-17(18)19(16-10-4-2-5-11-16)25-20-21(28)27(29-22(20)26)23(24)14-8-3-9-15-23/h2,4-7,10-13,20H,3,8-9,14-15,24H2,1H3/q+1/t20-/m1/s1. The molecule has 1 saturated heterocycles. The predicted octanol–water partition coefficient (Wildman–Crippen LogP) is 2.97. The highest BCUT2D eigenvalue weighted by Crippen LogP contribution is 2.35. The number of benzene rings is 2. The summed E-state index contributed by atoms with van der Waals surface area (Å²) in [5.74, 6) is 0.335. The summed E-state index contributed by atoms with van der Waals surface area (Å²) in [6.45, 7) is 0. The van der Waals surface area contributed by atoms with Crippen molar-refractivity contribution in [2.75, 3.05) is 7.05 Å². The van der Waals surface area contributed by atoms with Gasteiger partial charge in [0, 0.05) is 11.6 Å². The monoisotopic (exact) mass is 389 g/mol. The van der Waals surface area contributed by atoms with Gasteiger partial charge in [-0.2, -0.15) is 4.58 Å². The Morgan fingerprint density at radius 3 is 2.52 bits per heavy atom. The molecule has 2 N–H and O–H groups in total. The van der Waals surface area contributed by atoms with Gasteiger partial charge in [-0.05, 0) is 31.7 Å². The molecule has 3 aliphatic rings. The first-order valence-corrected chi connectivity index (χ1v) is 10.2. The van der Waals surface area contributed by atoms with Crippen molar-refractivity contribution in [2.45, 2.75) is 43.8 Å². The molecule has 2 aromatic carbocycles. The molecule has 148 valence electrons. The van der Waals surface area contributed by atoms with Crippen LogP contribution in [0.3, 0.4) is 0 Å². The van der Waals surface area contributed by atoms with Crippen LogP contribution in [-0.4, -0.2) is 45.9 Å². The zero-order valence-electron chi connectivity index (χ0n) is 16.5. The van der Waals surface area contributed by atoms with Gasteiger partial charge in [0.2, 0.25) is 5.69 Å². The molecule has 0 radical (unpaired) electrons. The molecule has 1 amide bonds. The quantitative estimate of drug-likeness (QED) is 0.803. The highest BCUT2D eigenvalue weighted by molar-refractivity contribution is 6.19. The van der Waals surface area contributed by atoms with E-state index in [4.69, 9.17) is 15.6 Å². The van der Waals surface area contributed by atoms with Crippen LogP contribution < -0.4 is 5.73 Å². The molecule has 0 spiro atoms. The summed E-state index contributed by atoms with van der Waals surface area (Å²) < 4.78 is 1.93. The molecule has 0 bridgehead atoms. The van der Waals surface area contributed by atoms with Crippen LogP contribution in [-0.2, 0) is 9.63 Å². The minimum Gasteiger partial charge on any atom is -0.313 e. The van der Waals surface area contributed by atoms with E-state index in [0.29, 0.717) is 5.90 Å². The van der Waals surface area contributed by atoms with Gasteiger partial charge in [0.1, 0.15) is 12.7 Å². The van der Waals surface area contributed by atoms with E-state index in [2.05, 4.69) is 0 Å². The van der Waals surface area contributed by atoms with E-state index in [9.17, 15) is 4.79 Å². The molecule has 0 aromatic heterocycles. The first kappa shape index (κ1) is 18.1. The van der Waals surface area contributed by atoms with Crippen molar-refractivity contribution < 1.29 is 14.2 Å². The smallest absolute Gasteiger partial charge is 0.313 e. The minimum absolute atomic E-state index is 0.183. The Morgan fingerprint density at radius 1 is 1.07 bits per heavy atom. The predicted molar refractivity (Wildman–Crippen MR) is 111 cm³/mol. The maximum atomic E-state index is 13.4. The van der Waals surface area contributed by atoms with E-state index in [1.165, 1.54) is 5.06 Å². The lowest BCUT2D eigenvalue weighted by Gasteiger charge is -2.38. The molecule has 6 heteroatoms. The highest BCUT2D eigenvalue weighted by atomic mass is 16.7. The van der Waals surface area contributed by atoms with Crippen LogP contribution in [0.25, 0.3) is 0 Å². The molecule has 0 unspecified atom stereocenters. The average molecular weight is 389 g/mol. The Balaban J connectivity index is 1.66. The number of aliphatic imine (C=N–C) groups is 1. The first-order valence-electron chi connectivity index (χ1n) is 10.2. The van der Waals surface area contributed by atoms with Gasteiger partial charge in [0.25, 0.3) is 11.9 Å². The number of hydroxylamine groups is 2. The summed E-state index contributed by atoms with van der Waals surface area (Å²) in [6.07, 6.45) is 4.63. The molecular weight excluding hydrogens is 364 g/mol. The fourth-order valence-electron chi connectivity index (χ4n) is 4.55. The second-order valence-corrected chi connectivity index (χ2v) is 8.05. The van der Waals surface area contributed by atoms with Gasteiger partial charge in [-0.15, -0.1) is 5.06 Å². The number of hydrogen-bond donors (Lipinski definition) is 1. The number of carbonyl (C=O) groups excluding carboxylic acids is 1. The summed E-state index contributed by atoms with van der Waals surface area (Å²) in [5, 5.41) is 1.41. The van der Waals surface area contributed by atoms with Gasteiger partial charge < -0.3 is 10.6 Å². The maximum absolute atomic E-state index is 13.4. The van der Waals surface area contributed by atoms with E-state index in [1.54, 1.807) is 0 Å². The molecule has 2 aliphatic heterocycles. The van der Waals surface area contributed by atoms with Gasteiger partial charge in [0.05, 0.1) is 11.3 Å². The van der Waals surface area contributed by atoms with Crippen molar-refractivity contribution in [3.63, 3.8) is 0 Å². The van der Waals surface area contributed by atoms with Gasteiger partial charge in [-0.3, -0.25) is 9.79 Å². The first-order chi connectivity index (χ1) is 14.1. The largest absolute Gasteiger partial charge is 0.402 e. The number of hydrogen-bond acceptors (Lipinski definition) is 4. The zero-order valence-corrected chi connectivity index (χ0v) is 16.5. The Kier molecular flexibility index (Phi) is 4.24. The van der Waals surface area contributed by atoms with Crippen LogP contribution in [0, 0.1) is 0 Å². The third kappa shape index (κ3) is 2.86. The van der Waals surface area contributed by atoms with Crippen LogP contribution >= 0.6 is 0 Å². The topological polar surface area (TPSA) is 70.9 Å². The van der Waals surface area contributed by atoms with Gasteiger partial charge in [-0.25, -0.2) is 0 Å². The van der Waals surface area contributed by atoms with Crippen LogP contribution in [0.4, 0.5) is 5.69 Å². The molecule has 1 atom stereocenters.